The van der Waals surface area contributed by atoms with Crippen LogP contribution in [0.5, 0.6) is 5.75 Å². The van der Waals surface area contributed by atoms with Gasteiger partial charge in [-0.15, -0.1) is 0 Å². The number of non-ortho nitro benzene ring substituents is 1. The Labute approximate surface area is 112 Å². The van der Waals surface area contributed by atoms with E-state index in [1.807, 2.05) is 0 Å². The lowest BCUT2D eigenvalue weighted by atomic mass is 10.2. The van der Waals surface area contributed by atoms with E-state index >= 15 is 0 Å². The minimum absolute atomic E-state index is 0.0818. The Kier molecular flexibility index (Phi) is 4.12. The van der Waals surface area contributed by atoms with Crippen molar-refractivity contribution in [3.8, 4) is 5.75 Å². The number of alkyl halides is 3. The smallest absolute Gasteiger partial charge is 0.416 e. The van der Waals surface area contributed by atoms with Gasteiger partial charge in [0.25, 0.3) is 5.69 Å². The molecule has 1 aromatic carbocycles. The average Bonchev–Trinajstić information content (AvgIpc) is 2.88. The van der Waals surface area contributed by atoms with Crippen LogP contribution in [-0.2, 0) is 10.9 Å². The summed E-state index contributed by atoms with van der Waals surface area (Å²) in [6.45, 7) is 0.676. The van der Waals surface area contributed by atoms with E-state index in [9.17, 15) is 23.3 Å². The first-order valence-corrected chi connectivity index (χ1v) is 5.97. The molecule has 0 N–H and O–H groups in total. The summed E-state index contributed by atoms with van der Waals surface area (Å²) < 4.78 is 48.4. The van der Waals surface area contributed by atoms with Crippen molar-refractivity contribution in [1.29, 1.82) is 0 Å². The third-order valence-electron chi connectivity index (χ3n) is 2.89. The molecule has 0 radical (unpaired) electrons. The molecule has 1 fully saturated rings. The van der Waals surface area contributed by atoms with E-state index in [-0.39, 0.29) is 18.5 Å². The number of rotatable bonds is 4. The van der Waals surface area contributed by atoms with Crippen molar-refractivity contribution in [2.45, 2.75) is 25.1 Å². The fourth-order valence-corrected chi connectivity index (χ4v) is 1.90. The number of halogens is 3. The van der Waals surface area contributed by atoms with Crippen molar-refractivity contribution >= 4 is 5.69 Å². The summed E-state index contributed by atoms with van der Waals surface area (Å²) >= 11 is 0. The molecule has 5 nitrogen and oxygen atoms in total. The predicted octanol–water partition coefficient (Wildman–Crippen LogP) is 3.17. The normalized spacial score (nSPS) is 19.1. The molecule has 20 heavy (non-hydrogen) atoms. The van der Waals surface area contributed by atoms with Gasteiger partial charge < -0.3 is 9.47 Å². The first-order chi connectivity index (χ1) is 9.36. The molecule has 1 aliphatic heterocycles. The van der Waals surface area contributed by atoms with E-state index in [0.717, 1.165) is 25.0 Å². The Morgan fingerprint density at radius 2 is 2.15 bits per heavy atom. The molecule has 1 aliphatic rings. The van der Waals surface area contributed by atoms with Crippen molar-refractivity contribution in [2.75, 3.05) is 13.2 Å². The predicted molar refractivity (Wildman–Crippen MR) is 62.6 cm³/mol. The minimum Gasteiger partial charge on any atom is -0.491 e. The monoisotopic (exact) mass is 291 g/mol. The van der Waals surface area contributed by atoms with Crippen LogP contribution in [0, 0.1) is 10.1 Å². The number of ether oxygens (including phenoxy) is 2. The van der Waals surface area contributed by atoms with E-state index in [4.69, 9.17) is 9.47 Å². The maximum Gasteiger partial charge on any atom is 0.416 e. The lowest BCUT2D eigenvalue weighted by Gasteiger charge is -2.13. The van der Waals surface area contributed by atoms with Crippen LogP contribution < -0.4 is 4.74 Å². The van der Waals surface area contributed by atoms with Gasteiger partial charge in [0.05, 0.1) is 22.7 Å². The lowest BCUT2D eigenvalue weighted by Crippen LogP contribution is -2.16. The molecular weight excluding hydrogens is 279 g/mol. The van der Waals surface area contributed by atoms with E-state index in [1.54, 1.807) is 0 Å². The molecule has 0 aromatic heterocycles. The second-order valence-electron chi connectivity index (χ2n) is 4.42. The summed E-state index contributed by atoms with van der Waals surface area (Å²) in [5, 5.41) is 10.7. The number of hydrogen-bond donors (Lipinski definition) is 0. The van der Waals surface area contributed by atoms with Gasteiger partial charge in [0.2, 0.25) is 0 Å². The van der Waals surface area contributed by atoms with Gasteiger partial charge in [0.15, 0.2) is 0 Å². The van der Waals surface area contributed by atoms with Gasteiger partial charge in [0, 0.05) is 12.7 Å². The fourth-order valence-electron chi connectivity index (χ4n) is 1.90. The summed E-state index contributed by atoms with van der Waals surface area (Å²) in [5.74, 6) is -0.179. The van der Waals surface area contributed by atoms with Crippen LogP contribution >= 0.6 is 0 Å². The molecule has 1 atom stereocenters. The number of nitro groups is 1. The second kappa shape index (κ2) is 5.66. The highest BCUT2D eigenvalue weighted by Gasteiger charge is 2.33. The first kappa shape index (κ1) is 14.6. The van der Waals surface area contributed by atoms with E-state index < -0.39 is 22.4 Å². The number of nitro benzene ring substituents is 1. The van der Waals surface area contributed by atoms with Crippen molar-refractivity contribution in [3.05, 3.63) is 33.9 Å². The molecule has 1 aromatic rings. The van der Waals surface area contributed by atoms with Crippen molar-refractivity contribution in [3.63, 3.8) is 0 Å². The molecule has 0 saturated carbocycles. The van der Waals surface area contributed by atoms with Crippen molar-refractivity contribution < 1.29 is 27.6 Å². The topological polar surface area (TPSA) is 61.6 Å². The highest BCUT2D eigenvalue weighted by molar-refractivity contribution is 5.43. The number of hydrogen-bond acceptors (Lipinski definition) is 4. The highest BCUT2D eigenvalue weighted by atomic mass is 19.4. The van der Waals surface area contributed by atoms with Gasteiger partial charge in [0.1, 0.15) is 12.4 Å². The van der Waals surface area contributed by atoms with Crippen LogP contribution in [0.4, 0.5) is 18.9 Å². The standard InChI is InChI=1S/C12H12F3NO4/c13-12(14,15)8-4-9(16(17)18)6-11(5-8)20-7-10-2-1-3-19-10/h4-6,10H,1-3,7H2. The summed E-state index contributed by atoms with van der Waals surface area (Å²) in [6, 6.07) is 2.21. The van der Waals surface area contributed by atoms with Crippen molar-refractivity contribution in [1.82, 2.24) is 0 Å². The van der Waals surface area contributed by atoms with Gasteiger partial charge in [-0.3, -0.25) is 10.1 Å². The van der Waals surface area contributed by atoms with E-state index in [2.05, 4.69) is 0 Å². The number of nitrogens with zero attached hydrogens (tertiary/aromatic N) is 1. The van der Waals surface area contributed by atoms with Gasteiger partial charge in [-0.1, -0.05) is 0 Å². The summed E-state index contributed by atoms with van der Waals surface area (Å²) in [4.78, 5) is 9.77. The summed E-state index contributed by atoms with van der Waals surface area (Å²) in [6.07, 6.45) is -3.20. The largest absolute Gasteiger partial charge is 0.491 e. The Balaban J connectivity index is 2.17. The molecule has 1 saturated heterocycles. The van der Waals surface area contributed by atoms with Crippen LogP contribution in [0.3, 0.4) is 0 Å². The quantitative estimate of drug-likeness (QED) is 0.631. The Bertz CT molecular complexity index is 498. The van der Waals surface area contributed by atoms with Crippen LogP contribution in [0.25, 0.3) is 0 Å². The van der Waals surface area contributed by atoms with Crippen LogP contribution in [0.15, 0.2) is 18.2 Å². The van der Waals surface area contributed by atoms with Gasteiger partial charge >= 0.3 is 6.18 Å². The van der Waals surface area contributed by atoms with Crippen LogP contribution in [0.2, 0.25) is 0 Å². The zero-order valence-electron chi connectivity index (χ0n) is 10.4. The maximum atomic E-state index is 12.6. The fraction of sp³-hybridized carbons (Fsp3) is 0.500. The van der Waals surface area contributed by atoms with Crippen molar-refractivity contribution in [2.24, 2.45) is 0 Å². The SMILES string of the molecule is O=[N+]([O-])c1cc(OCC2CCCO2)cc(C(F)(F)F)c1. The zero-order chi connectivity index (χ0) is 14.8. The first-order valence-electron chi connectivity index (χ1n) is 5.97. The molecule has 0 amide bonds. The number of benzene rings is 1. The molecule has 8 heteroatoms. The summed E-state index contributed by atoms with van der Waals surface area (Å²) in [7, 11) is 0. The van der Waals surface area contributed by atoms with Gasteiger partial charge in [-0.25, -0.2) is 0 Å². The molecule has 0 aliphatic carbocycles. The molecule has 0 spiro atoms. The Morgan fingerprint density at radius 3 is 2.70 bits per heavy atom. The molecule has 110 valence electrons. The van der Waals surface area contributed by atoms with Gasteiger partial charge in [-0.05, 0) is 18.9 Å². The second-order valence-corrected chi connectivity index (χ2v) is 4.42. The molecule has 1 heterocycles. The molecule has 2 rings (SSSR count). The van der Waals surface area contributed by atoms with E-state index in [0.29, 0.717) is 12.7 Å². The Hall–Kier alpha value is -1.83. The molecular formula is C12H12F3NO4. The molecule has 1 unspecified atom stereocenters. The lowest BCUT2D eigenvalue weighted by molar-refractivity contribution is -0.385. The minimum atomic E-state index is -4.66. The maximum absolute atomic E-state index is 12.6. The third-order valence-corrected chi connectivity index (χ3v) is 2.89. The van der Waals surface area contributed by atoms with E-state index in [1.165, 1.54) is 0 Å². The third kappa shape index (κ3) is 3.60. The highest BCUT2D eigenvalue weighted by Crippen LogP contribution is 2.35. The van der Waals surface area contributed by atoms with Crippen LogP contribution in [-0.4, -0.2) is 24.2 Å². The van der Waals surface area contributed by atoms with Crippen LogP contribution in [0.1, 0.15) is 18.4 Å². The average molecular weight is 291 g/mol. The zero-order valence-corrected chi connectivity index (χ0v) is 10.4. The summed E-state index contributed by atoms with van der Waals surface area (Å²) in [5.41, 5.74) is -1.75. The molecule has 0 bridgehead atoms. The van der Waals surface area contributed by atoms with Gasteiger partial charge in [-0.2, -0.15) is 13.2 Å². The Morgan fingerprint density at radius 1 is 1.40 bits per heavy atom.